The van der Waals surface area contributed by atoms with Crippen LogP contribution in [0.15, 0.2) is 0 Å². The number of rotatable bonds is 0. The lowest BCUT2D eigenvalue weighted by molar-refractivity contribution is -0.0945. The zero-order valence-electron chi connectivity index (χ0n) is 6.88. The van der Waals surface area contributed by atoms with Crippen LogP contribution < -0.4 is 5.32 Å². The molecule has 5 atom stereocenters. The molecule has 5 unspecified atom stereocenters. The third kappa shape index (κ3) is 1.75. The third-order valence-corrected chi connectivity index (χ3v) is 2.26. The Kier molecular flexibility index (Phi) is 3.03. The Morgan fingerprint density at radius 2 is 1.58 bits per heavy atom. The largest absolute Gasteiger partial charge is 0.389 e. The standard InChI is InChI=1S/C7H15NO4/c1-3-5(10)7(12)6(11)4(9)2-8-3/h3-12H,2H2,1H3. The Bertz CT molecular complexity index is 138. The van der Waals surface area contributed by atoms with Gasteiger partial charge in [-0.15, -0.1) is 0 Å². The van der Waals surface area contributed by atoms with Gasteiger partial charge in [-0.3, -0.25) is 0 Å². The van der Waals surface area contributed by atoms with Gasteiger partial charge in [-0.2, -0.15) is 0 Å². The van der Waals surface area contributed by atoms with Crippen molar-refractivity contribution >= 4 is 0 Å². The van der Waals surface area contributed by atoms with Gasteiger partial charge in [-0.25, -0.2) is 0 Å². The average molecular weight is 177 g/mol. The highest BCUT2D eigenvalue weighted by Crippen LogP contribution is 2.11. The maximum atomic E-state index is 9.33. The number of hydrogen-bond acceptors (Lipinski definition) is 5. The molecule has 1 aliphatic rings. The lowest BCUT2D eigenvalue weighted by Gasteiger charge is -2.23. The molecule has 0 bridgehead atoms. The number of nitrogens with one attached hydrogen (secondary N) is 1. The van der Waals surface area contributed by atoms with Gasteiger partial charge < -0.3 is 25.7 Å². The summed E-state index contributed by atoms with van der Waals surface area (Å²) >= 11 is 0. The minimum absolute atomic E-state index is 0.177. The van der Waals surface area contributed by atoms with E-state index in [9.17, 15) is 20.4 Å². The molecule has 1 fully saturated rings. The van der Waals surface area contributed by atoms with Crippen LogP contribution in [0, 0.1) is 0 Å². The minimum atomic E-state index is -1.29. The Morgan fingerprint density at radius 3 is 2.17 bits per heavy atom. The molecular weight excluding hydrogens is 162 g/mol. The van der Waals surface area contributed by atoms with E-state index in [1.165, 1.54) is 0 Å². The second kappa shape index (κ2) is 3.68. The summed E-state index contributed by atoms with van der Waals surface area (Å²) in [6, 6.07) is -0.327. The lowest BCUT2D eigenvalue weighted by atomic mass is 10.0. The van der Waals surface area contributed by atoms with Crippen LogP contribution >= 0.6 is 0 Å². The van der Waals surface area contributed by atoms with Gasteiger partial charge in [0.05, 0.1) is 12.2 Å². The van der Waals surface area contributed by atoms with Crippen LogP contribution in [-0.4, -0.2) is 57.4 Å². The van der Waals surface area contributed by atoms with Gasteiger partial charge in [0.2, 0.25) is 0 Å². The summed E-state index contributed by atoms with van der Waals surface area (Å²) < 4.78 is 0. The quantitative estimate of drug-likeness (QED) is 0.280. The molecule has 0 amide bonds. The molecule has 0 saturated carbocycles. The van der Waals surface area contributed by atoms with Gasteiger partial charge in [-0.1, -0.05) is 0 Å². The second-order valence-electron chi connectivity index (χ2n) is 3.24. The Labute approximate surface area is 70.6 Å². The molecule has 1 heterocycles. The average Bonchev–Trinajstić information content (AvgIpc) is 2.14. The number of aliphatic hydroxyl groups excluding tert-OH is 4. The predicted octanol–water partition coefficient (Wildman–Crippen LogP) is -2.58. The maximum absolute atomic E-state index is 9.33. The summed E-state index contributed by atoms with van der Waals surface area (Å²) in [5.74, 6) is 0. The molecule has 5 nitrogen and oxygen atoms in total. The Morgan fingerprint density at radius 1 is 1.00 bits per heavy atom. The fourth-order valence-electron chi connectivity index (χ4n) is 1.27. The zero-order chi connectivity index (χ0) is 9.30. The third-order valence-electron chi connectivity index (χ3n) is 2.26. The Balaban J connectivity index is 2.68. The van der Waals surface area contributed by atoms with Gasteiger partial charge in [0, 0.05) is 12.6 Å². The second-order valence-corrected chi connectivity index (χ2v) is 3.24. The molecule has 0 aromatic rings. The number of aliphatic hydroxyl groups is 4. The van der Waals surface area contributed by atoms with E-state index in [1.807, 2.05) is 0 Å². The van der Waals surface area contributed by atoms with Crippen LogP contribution in [0.3, 0.4) is 0 Å². The van der Waals surface area contributed by atoms with Crippen molar-refractivity contribution in [2.75, 3.05) is 6.54 Å². The summed E-state index contributed by atoms with van der Waals surface area (Å²) in [6.07, 6.45) is -4.64. The van der Waals surface area contributed by atoms with Crippen LogP contribution in [-0.2, 0) is 0 Å². The highest BCUT2D eigenvalue weighted by molar-refractivity contribution is 4.91. The molecule has 1 rings (SSSR count). The van der Waals surface area contributed by atoms with Gasteiger partial charge in [0.25, 0.3) is 0 Å². The summed E-state index contributed by atoms with van der Waals surface area (Å²) in [4.78, 5) is 0. The van der Waals surface area contributed by atoms with Crippen molar-refractivity contribution in [1.82, 2.24) is 5.32 Å². The van der Waals surface area contributed by atoms with Crippen LogP contribution in [0.5, 0.6) is 0 Å². The van der Waals surface area contributed by atoms with Crippen molar-refractivity contribution in [3.8, 4) is 0 Å². The van der Waals surface area contributed by atoms with Gasteiger partial charge in [0.1, 0.15) is 12.2 Å². The zero-order valence-corrected chi connectivity index (χ0v) is 6.88. The molecule has 5 heteroatoms. The van der Waals surface area contributed by atoms with E-state index in [-0.39, 0.29) is 12.6 Å². The van der Waals surface area contributed by atoms with Crippen LogP contribution in [0.4, 0.5) is 0 Å². The van der Waals surface area contributed by atoms with Gasteiger partial charge in [-0.05, 0) is 6.92 Å². The molecule has 72 valence electrons. The molecule has 1 saturated heterocycles. The molecule has 0 radical (unpaired) electrons. The molecule has 1 aliphatic heterocycles. The first-order valence-electron chi connectivity index (χ1n) is 3.99. The predicted molar refractivity (Wildman–Crippen MR) is 41.5 cm³/mol. The van der Waals surface area contributed by atoms with Crippen molar-refractivity contribution in [1.29, 1.82) is 0 Å². The van der Waals surface area contributed by atoms with Crippen LogP contribution in [0.25, 0.3) is 0 Å². The highest BCUT2D eigenvalue weighted by atomic mass is 16.4. The summed E-state index contributed by atoms with van der Waals surface area (Å²) in [6.45, 7) is 1.86. The summed E-state index contributed by atoms with van der Waals surface area (Å²) in [7, 11) is 0. The molecule has 12 heavy (non-hydrogen) atoms. The van der Waals surface area contributed by atoms with Crippen LogP contribution in [0.1, 0.15) is 6.92 Å². The lowest BCUT2D eigenvalue weighted by Crippen LogP contribution is -2.46. The van der Waals surface area contributed by atoms with E-state index < -0.39 is 24.4 Å². The van der Waals surface area contributed by atoms with E-state index in [1.54, 1.807) is 6.92 Å². The van der Waals surface area contributed by atoms with Crippen LogP contribution in [0.2, 0.25) is 0 Å². The SMILES string of the molecule is CC1NCC(O)C(O)C(O)C1O. The normalized spacial score (nSPS) is 50.2. The minimum Gasteiger partial charge on any atom is -0.389 e. The first-order valence-corrected chi connectivity index (χ1v) is 3.99. The Hall–Kier alpha value is -0.200. The van der Waals surface area contributed by atoms with Gasteiger partial charge >= 0.3 is 0 Å². The van der Waals surface area contributed by atoms with Crippen molar-refractivity contribution in [3.05, 3.63) is 0 Å². The maximum Gasteiger partial charge on any atom is 0.110 e. The van der Waals surface area contributed by atoms with E-state index in [0.29, 0.717) is 0 Å². The fraction of sp³-hybridized carbons (Fsp3) is 1.00. The molecule has 0 aromatic carbocycles. The molecular formula is C7H15NO4. The van der Waals surface area contributed by atoms with Crippen molar-refractivity contribution in [2.45, 2.75) is 37.4 Å². The summed E-state index contributed by atoms with van der Waals surface area (Å²) in [5.41, 5.74) is 0. The molecule has 5 N–H and O–H groups in total. The first kappa shape index (κ1) is 9.88. The van der Waals surface area contributed by atoms with Crippen molar-refractivity contribution in [3.63, 3.8) is 0 Å². The molecule has 0 aromatic heterocycles. The smallest absolute Gasteiger partial charge is 0.110 e. The van der Waals surface area contributed by atoms with E-state index in [0.717, 1.165) is 0 Å². The van der Waals surface area contributed by atoms with Crippen molar-refractivity contribution in [2.24, 2.45) is 0 Å². The van der Waals surface area contributed by atoms with E-state index >= 15 is 0 Å². The highest BCUT2D eigenvalue weighted by Gasteiger charge is 2.36. The van der Waals surface area contributed by atoms with E-state index in [2.05, 4.69) is 5.32 Å². The fourth-order valence-corrected chi connectivity index (χ4v) is 1.27. The molecule has 0 spiro atoms. The van der Waals surface area contributed by atoms with E-state index in [4.69, 9.17) is 0 Å². The monoisotopic (exact) mass is 177 g/mol. The number of hydrogen-bond donors (Lipinski definition) is 5. The number of β-amino-alcohol motifs (C(OH)–C–C–N with tert-alkyl or cyclic N) is 1. The summed E-state index contributed by atoms with van der Waals surface area (Å²) in [5, 5.41) is 39.8. The topological polar surface area (TPSA) is 93.0 Å². The molecule has 0 aliphatic carbocycles. The first-order chi connectivity index (χ1) is 5.54. The van der Waals surface area contributed by atoms with Gasteiger partial charge in [0.15, 0.2) is 0 Å². The van der Waals surface area contributed by atoms with Crippen molar-refractivity contribution < 1.29 is 20.4 Å².